The fourth-order valence-electron chi connectivity index (χ4n) is 2.30. The van der Waals surface area contributed by atoms with Crippen molar-refractivity contribution in [3.8, 4) is 11.5 Å². The van der Waals surface area contributed by atoms with Crippen molar-refractivity contribution in [1.82, 2.24) is 4.90 Å². The summed E-state index contributed by atoms with van der Waals surface area (Å²) in [6.45, 7) is 0.0661. The first-order valence-electron chi connectivity index (χ1n) is 7.18. The number of imide groups is 1. The number of rotatable bonds is 3. The first-order chi connectivity index (χ1) is 12.3. The van der Waals surface area contributed by atoms with Crippen LogP contribution in [0.4, 0.5) is 4.79 Å². The lowest BCUT2D eigenvalue weighted by Crippen LogP contribution is -2.27. The summed E-state index contributed by atoms with van der Waals surface area (Å²) >= 11 is 13.1. The van der Waals surface area contributed by atoms with Gasteiger partial charge in [0.05, 0.1) is 15.9 Å². The van der Waals surface area contributed by atoms with Crippen molar-refractivity contribution in [2.75, 3.05) is 0 Å². The second-order valence-corrected chi connectivity index (χ2v) is 8.37. The topological polar surface area (TPSA) is 77.8 Å². The van der Waals surface area contributed by atoms with E-state index in [4.69, 9.17) is 11.6 Å². The van der Waals surface area contributed by atoms with Crippen LogP contribution < -0.4 is 0 Å². The van der Waals surface area contributed by atoms with Crippen molar-refractivity contribution in [3.05, 3.63) is 60.3 Å². The van der Waals surface area contributed by atoms with E-state index in [1.807, 2.05) is 0 Å². The second kappa shape index (κ2) is 7.64. The maximum absolute atomic E-state index is 12.6. The number of carbonyl (C=O) groups is 2. The summed E-state index contributed by atoms with van der Waals surface area (Å²) in [7, 11) is 0. The molecule has 0 atom stereocenters. The Morgan fingerprint density at radius 1 is 1.15 bits per heavy atom. The minimum atomic E-state index is -0.473. The van der Waals surface area contributed by atoms with E-state index in [9.17, 15) is 19.8 Å². The van der Waals surface area contributed by atoms with Crippen molar-refractivity contribution in [1.29, 1.82) is 0 Å². The van der Waals surface area contributed by atoms with Crippen LogP contribution in [0.2, 0.25) is 5.02 Å². The highest BCUT2D eigenvalue weighted by molar-refractivity contribution is 9.11. The molecule has 26 heavy (non-hydrogen) atoms. The summed E-state index contributed by atoms with van der Waals surface area (Å²) < 4.78 is 0.428. The highest BCUT2D eigenvalue weighted by Gasteiger charge is 2.35. The lowest BCUT2D eigenvalue weighted by Gasteiger charge is -2.13. The van der Waals surface area contributed by atoms with E-state index in [1.165, 1.54) is 12.1 Å². The number of hydrogen-bond donors (Lipinski definition) is 2. The van der Waals surface area contributed by atoms with Gasteiger partial charge < -0.3 is 10.2 Å². The Morgan fingerprint density at radius 3 is 2.54 bits per heavy atom. The third-order valence-electron chi connectivity index (χ3n) is 3.64. The molecular weight excluding hydrogens is 510 g/mol. The fraction of sp³-hybridized carbons (Fsp3) is 0.0588. The molecule has 0 aliphatic carbocycles. The normalized spacial score (nSPS) is 16.0. The van der Waals surface area contributed by atoms with E-state index in [-0.39, 0.29) is 33.0 Å². The van der Waals surface area contributed by atoms with E-state index in [1.54, 1.807) is 24.3 Å². The van der Waals surface area contributed by atoms with Crippen LogP contribution in [0.5, 0.6) is 11.5 Å². The number of phenols is 2. The van der Waals surface area contributed by atoms with Gasteiger partial charge in [0.2, 0.25) is 0 Å². The first-order valence-corrected chi connectivity index (χ1v) is 9.96. The van der Waals surface area contributed by atoms with Gasteiger partial charge in [-0.05, 0) is 67.4 Å². The number of thioether (sulfide) groups is 1. The largest absolute Gasteiger partial charge is 0.506 e. The monoisotopic (exact) mass is 517 g/mol. The maximum atomic E-state index is 12.6. The molecule has 134 valence electrons. The molecule has 0 unspecified atom stereocenters. The quantitative estimate of drug-likeness (QED) is 0.523. The van der Waals surface area contributed by atoms with Crippen LogP contribution in [0, 0.1) is 0 Å². The van der Waals surface area contributed by atoms with Crippen LogP contribution in [0.1, 0.15) is 11.1 Å². The standard InChI is InChI=1S/C17H10Br2ClNO4S/c18-10-5-9(14(22)13(19)15(10)23)6-12-16(24)21(17(25)26-12)7-8-3-1-2-4-11(8)20/h1-6,22-23H,7H2/b12-6-. The summed E-state index contributed by atoms with van der Waals surface area (Å²) in [6.07, 6.45) is 1.40. The Labute approximate surface area is 174 Å². The van der Waals surface area contributed by atoms with Crippen LogP contribution in [0.3, 0.4) is 0 Å². The minimum Gasteiger partial charge on any atom is -0.506 e. The summed E-state index contributed by atoms with van der Waals surface area (Å²) in [6, 6.07) is 8.44. The smallest absolute Gasteiger partial charge is 0.293 e. The molecule has 0 radical (unpaired) electrons. The number of carbonyl (C=O) groups excluding carboxylic acids is 2. The van der Waals surface area contributed by atoms with Gasteiger partial charge in [-0.1, -0.05) is 29.8 Å². The Balaban J connectivity index is 1.92. The number of phenolic OH excluding ortho intramolecular Hbond substituents is 2. The third kappa shape index (κ3) is 3.64. The molecule has 2 aromatic rings. The predicted octanol–water partition coefficient (Wildman–Crippen LogP) is 5.51. The summed E-state index contributed by atoms with van der Waals surface area (Å²) in [5.74, 6) is -0.866. The molecule has 2 amide bonds. The zero-order valence-corrected chi connectivity index (χ0v) is 17.6. The minimum absolute atomic E-state index is 0.0661. The molecule has 1 aliphatic heterocycles. The maximum Gasteiger partial charge on any atom is 0.293 e. The molecule has 0 aromatic heterocycles. The van der Waals surface area contributed by atoms with Crippen LogP contribution in [-0.2, 0) is 11.3 Å². The molecule has 9 heteroatoms. The summed E-state index contributed by atoms with van der Waals surface area (Å²) in [5, 5.41) is 20.0. The van der Waals surface area contributed by atoms with E-state index in [2.05, 4.69) is 31.9 Å². The van der Waals surface area contributed by atoms with Crippen molar-refractivity contribution < 1.29 is 19.8 Å². The van der Waals surface area contributed by atoms with E-state index in [0.717, 1.165) is 16.7 Å². The zero-order chi connectivity index (χ0) is 19.0. The van der Waals surface area contributed by atoms with Gasteiger partial charge in [-0.3, -0.25) is 14.5 Å². The van der Waals surface area contributed by atoms with E-state index in [0.29, 0.717) is 15.1 Å². The number of benzene rings is 2. The Morgan fingerprint density at radius 2 is 1.85 bits per heavy atom. The highest BCUT2D eigenvalue weighted by Crippen LogP contribution is 2.43. The number of hydrogen-bond acceptors (Lipinski definition) is 5. The number of amides is 2. The van der Waals surface area contributed by atoms with Crippen molar-refractivity contribution in [2.24, 2.45) is 0 Å². The Hall–Kier alpha value is -1.48. The molecule has 0 bridgehead atoms. The fourth-order valence-corrected chi connectivity index (χ4v) is 4.48. The van der Waals surface area contributed by atoms with Crippen LogP contribution >= 0.6 is 55.2 Å². The SMILES string of the molecule is O=C1S/C(=C\c2cc(Br)c(O)c(Br)c2O)C(=O)N1Cc1ccccc1Cl. The molecule has 2 aromatic carbocycles. The molecular formula is C17H10Br2ClNO4S. The molecule has 5 nitrogen and oxygen atoms in total. The van der Waals surface area contributed by atoms with Gasteiger partial charge in [-0.25, -0.2) is 0 Å². The highest BCUT2D eigenvalue weighted by atomic mass is 79.9. The molecule has 1 aliphatic rings. The number of halogens is 3. The van der Waals surface area contributed by atoms with Crippen LogP contribution in [0.25, 0.3) is 6.08 Å². The Bertz CT molecular complexity index is 964. The van der Waals surface area contributed by atoms with Crippen molar-refractivity contribution in [3.63, 3.8) is 0 Å². The van der Waals surface area contributed by atoms with E-state index >= 15 is 0 Å². The van der Waals surface area contributed by atoms with Gasteiger partial charge in [0.15, 0.2) is 0 Å². The van der Waals surface area contributed by atoms with Crippen LogP contribution in [-0.4, -0.2) is 26.3 Å². The van der Waals surface area contributed by atoms with Crippen molar-refractivity contribution >= 4 is 72.4 Å². The summed E-state index contributed by atoms with van der Waals surface area (Å²) in [5.41, 5.74) is 0.945. The average Bonchev–Trinajstić information content (AvgIpc) is 2.87. The number of aromatic hydroxyl groups is 2. The molecule has 1 heterocycles. The lowest BCUT2D eigenvalue weighted by molar-refractivity contribution is -0.123. The average molecular weight is 520 g/mol. The van der Waals surface area contributed by atoms with E-state index < -0.39 is 11.1 Å². The molecule has 0 spiro atoms. The van der Waals surface area contributed by atoms with Gasteiger partial charge in [0.1, 0.15) is 16.0 Å². The summed E-state index contributed by atoms with van der Waals surface area (Å²) in [4.78, 5) is 26.1. The molecule has 2 N–H and O–H groups in total. The van der Waals surface area contributed by atoms with Crippen molar-refractivity contribution in [2.45, 2.75) is 6.54 Å². The molecule has 1 fully saturated rings. The predicted molar refractivity (Wildman–Crippen MR) is 108 cm³/mol. The molecule has 0 saturated carbocycles. The molecule has 1 saturated heterocycles. The zero-order valence-electron chi connectivity index (χ0n) is 12.9. The van der Waals surface area contributed by atoms with Gasteiger partial charge in [0, 0.05) is 10.6 Å². The van der Waals surface area contributed by atoms with Gasteiger partial charge in [-0.15, -0.1) is 0 Å². The Kier molecular flexibility index (Phi) is 5.67. The van der Waals surface area contributed by atoms with Gasteiger partial charge in [0.25, 0.3) is 11.1 Å². The van der Waals surface area contributed by atoms with Gasteiger partial charge in [-0.2, -0.15) is 0 Å². The lowest BCUT2D eigenvalue weighted by atomic mass is 10.1. The van der Waals surface area contributed by atoms with Gasteiger partial charge >= 0.3 is 0 Å². The molecule has 3 rings (SSSR count). The second-order valence-electron chi connectivity index (χ2n) is 5.32. The third-order valence-corrected chi connectivity index (χ3v) is 6.28. The number of nitrogens with zero attached hydrogens (tertiary/aromatic N) is 1. The first kappa shape index (κ1) is 19.3. The van der Waals surface area contributed by atoms with Crippen LogP contribution in [0.15, 0.2) is 44.2 Å².